The fourth-order valence-electron chi connectivity index (χ4n) is 2.32. The topological polar surface area (TPSA) is 48.1 Å². The highest BCUT2D eigenvalue weighted by Gasteiger charge is 2.06. The number of pyridine rings is 1. The van der Waals surface area contributed by atoms with Crippen LogP contribution in [0.2, 0.25) is 0 Å². The summed E-state index contributed by atoms with van der Waals surface area (Å²) in [4.78, 5) is 4.19. The molecule has 2 rings (SSSR count). The Bertz CT molecular complexity index is 579. The third-order valence-electron chi connectivity index (χ3n) is 3.30. The summed E-state index contributed by atoms with van der Waals surface area (Å²) in [6.07, 6.45) is 4.37. The number of benzene rings is 1. The number of aromatic nitrogens is 1. The average Bonchev–Trinajstić information content (AvgIpc) is 2.39. The Kier molecular flexibility index (Phi) is 4.74. The molecule has 0 aliphatic heterocycles. The number of hydrogen-bond acceptors (Lipinski definition) is 3. The molecule has 1 aromatic carbocycles. The van der Waals surface area contributed by atoms with Crippen LogP contribution in [0.15, 0.2) is 36.7 Å². The number of aryl methyl sites for hydroxylation is 1. The maximum absolute atomic E-state index is 5.88. The molecule has 0 radical (unpaired) electrons. The number of rotatable bonds is 5. The monoisotopic (exact) mass is 270 g/mol. The van der Waals surface area contributed by atoms with E-state index in [1.807, 2.05) is 18.3 Å². The SMILES string of the molecule is Cc1cc(Oc2cncc(CCN)c2)ccc1C(C)C. The molecule has 106 valence electrons. The van der Waals surface area contributed by atoms with Crippen LogP contribution in [0, 0.1) is 6.92 Å². The predicted molar refractivity (Wildman–Crippen MR) is 82.3 cm³/mol. The summed E-state index contributed by atoms with van der Waals surface area (Å²) < 4.78 is 5.88. The molecule has 0 amide bonds. The van der Waals surface area contributed by atoms with Crippen LogP contribution in [0.5, 0.6) is 11.5 Å². The summed E-state index contributed by atoms with van der Waals surface area (Å²) in [5, 5.41) is 0. The van der Waals surface area contributed by atoms with Crippen LogP contribution >= 0.6 is 0 Å². The van der Waals surface area contributed by atoms with E-state index in [9.17, 15) is 0 Å². The lowest BCUT2D eigenvalue weighted by atomic mass is 9.98. The van der Waals surface area contributed by atoms with Gasteiger partial charge in [-0.3, -0.25) is 4.98 Å². The first kappa shape index (κ1) is 14.5. The van der Waals surface area contributed by atoms with Gasteiger partial charge in [0, 0.05) is 6.20 Å². The van der Waals surface area contributed by atoms with E-state index in [1.54, 1.807) is 6.20 Å². The van der Waals surface area contributed by atoms with E-state index < -0.39 is 0 Å². The lowest BCUT2D eigenvalue weighted by molar-refractivity contribution is 0.478. The molecule has 0 unspecified atom stereocenters. The van der Waals surface area contributed by atoms with Gasteiger partial charge in [0.15, 0.2) is 0 Å². The summed E-state index contributed by atoms with van der Waals surface area (Å²) in [5.41, 5.74) is 9.26. The highest BCUT2D eigenvalue weighted by molar-refractivity contribution is 5.39. The van der Waals surface area contributed by atoms with Crippen molar-refractivity contribution in [1.29, 1.82) is 0 Å². The van der Waals surface area contributed by atoms with E-state index >= 15 is 0 Å². The molecule has 3 nitrogen and oxygen atoms in total. The van der Waals surface area contributed by atoms with E-state index in [-0.39, 0.29) is 0 Å². The van der Waals surface area contributed by atoms with E-state index in [4.69, 9.17) is 10.5 Å². The molecule has 0 atom stereocenters. The fourth-order valence-corrected chi connectivity index (χ4v) is 2.32. The lowest BCUT2D eigenvalue weighted by Gasteiger charge is -2.12. The number of hydrogen-bond donors (Lipinski definition) is 1. The van der Waals surface area contributed by atoms with Crippen molar-refractivity contribution in [3.63, 3.8) is 0 Å². The molecular formula is C17H22N2O. The second kappa shape index (κ2) is 6.53. The van der Waals surface area contributed by atoms with Crippen molar-refractivity contribution in [3.05, 3.63) is 53.3 Å². The molecule has 1 aromatic heterocycles. The smallest absolute Gasteiger partial charge is 0.145 e. The van der Waals surface area contributed by atoms with Gasteiger partial charge in [-0.1, -0.05) is 19.9 Å². The Hall–Kier alpha value is -1.87. The minimum atomic E-state index is 0.526. The molecule has 0 saturated carbocycles. The molecule has 0 bridgehead atoms. The van der Waals surface area contributed by atoms with Crippen LogP contribution < -0.4 is 10.5 Å². The van der Waals surface area contributed by atoms with Gasteiger partial charge in [0.1, 0.15) is 11.5 Å². The van der Waals surface area contributed by atoms with Crippen molar-refractivity contribution in [2.75, 3.05) is 6.54 Å². The molecular weight excluding hydrogens is 248 g/mol. The molecule has 0 saturated heterocycles. The van der Waals surface area contributed by atoms with Crippen LogP contribution in [-0.2, 0) is 6.42 Å². The van der Waals surface area contributed by atoms with Gasteiger partial charge in [0.05, 0.1) is 6.20 Å². The van der Waals surface area contributed by atoms with Crippen molar-refractivity contribution in [1.82, 2.24) is 4.98 Å². The normalized spacial score (nSPS) is 10.8. The largest absolute Gasteiger partial charge is 0.456 e. The predicted octanol–water partition coefficient (Wildman–Crippen LogP) is 3.81. The highest BCUT2D eigenvalue weighted by Crippen LogP contribution is 2.27. The second-order valence-corrected chi connectivity index (χ2v) is 5.34. The Morgan fingerprint density at radius 2 is 1.95 bits per heavy atom. The second-order valence-electron chi connectivity index (χ2n) is 5.34. The Labute approximate surface area is 120 Å². The number of nitrogens with zero attached hydrogens (tertiary/aromatic N) is 1. The van der Waals surface area contributed by atoms with Crippen molar-refractivity contribution in [2.45, 2.75) is 33.1 Å². The van der Waals surface area contributed by atoms with E-state index in [0.29, 0.717) is 12.5 Å². The van der Waals surface area contributed by atoms with Crippen LogP contribution in [0.25, 0.3) is 0 Å². The Balaban J connectivity index is 2.17. The average molecular weight is 270 g/mol. The van der Waals surface area contributed by atoms with Gasteiger partial charge in [-0.15, -0.1) is 0 Å². The molecule has 0 fully saturated rings. The van der Waals surface area contributed by atoms with Gasteiger partial charge in [-0.05, 0) is 60.7 Å². The minimum Gasteiger partial charge on any atom is -0.456 e. The summed E-state index contributed by atoms with van der Waals surface area (Å²) in [5.74, 6) is 2.13. The third-order valence-corrected chi connectivity index (χ3v) is 3.30. The number of nitrogens with two attached hydrogens (primary N) is 1. The first-order valence-electron chi connectivity index (χ1n) is 7.02. The maximum atomic E-state index is 5.88. The molecule has 1 heterocycles. The van der Waals surface area contributed by atoms with Crippen molar-refractivity contribution < 1.29 is 4.74 Å². The van der Waals surface area contributed by atoms with Crippen molar-refractivity contribution in [2.24, 2.45) is 5.73 Å². The van der Waals surface area contributed by atoms with Gasteiger partial charge < -0.3 is 10.5 Å². The van der Waals surface area contributed by atoms with Crippen molar-refractivity contribution in [3.8, 4) is 11.5 Å². The molecule has 0 aliphatic rings. The van der Waals surface area contributed by atoms with E-state index in [1.165, 1.54) is 11.1 Å². The van der Waals surface area contributed by atoms with Crippen molar-refractivity contribution >= 4 is 0 Å². The van der Waals surface area contributed by atoms with Crippen LogP contribution in [-0.4, -0.2) is 11.5 Å². The zero-order valence-corrected chi connectivity index (χ0v) is 12.4. The third kappa shape index (κ3) is 3.58. The summed E-state index contributed by atoms with van der Waals surface area (Å²) in [6.45, 7) is 7.13. The van der Waals surface area contributed by atoms with Gasteiger partial charge in [0.2, 0.25) is 0 Å². The highest BCUT2D eigenvalue weighted by atomic mass is 16.5. The van der Waals surface area contributed by atoms with Gasteiger partial charge in [0.25, 0.3) is 0 Å². The van der Waals surface area contributed by atoms with E-state index in [2.05, 4.69) is 37.9 Å². The first-order chi connectivity index (χ1) is 9.60. The molecule has 3 heteroatoms. The lowest BCUT2D eigenvalue weighted by Crippen LogP contribution is -2.03. The summed E-state index contributed by atoms with van der Waals surface area (Å²) >= 11 is 0. The first-order valence-corrected chi connectivity index (χ1v) is 7.02. The summed E-state index contributed by atoms with van der Waals surface area (Å²) in [7, 11) is 0. The molecule has 2 N–H and O–H groups in total. The quantitative estimate of drug-likeness (QED) is 0.898. The zero-order valence-electron chi connectivity index (χ0n) is 12.4. The molecule has 2 aromatic rings. The van der Waals surface area contributed by atoms with E-state index in [0.717, 1.165) is 23.5 Å². The standard InChI is InChI=1S/C17H22N2O/c1-12(2)17-5-4-15(8-13(17)3)20-16-9-14(6-7-18)10-19-11-16/h4-5,8-12H,6-7,18H2,1-3H3. The molecule has 20 heavy (non-hydrogen) atoms. The van der Waals surface area contributed by atoms with Crippen LogP contribution in [0.1, 0.15) is 36.5 Å². The fraction of sp³-hybridized carbons (Fsp3) is 0.353. The summed E-state index contributed by atoms with van der Waals surface area (Å²) in [6, 6.07) is 8.21. The Morgan fingerprint density at radius 3 is 2.60 bits per heavy atom. The minimum absolute atomic E-state index is 0.526. The van der Waals surface area contributed by atoms with Gasteiger partial charge in [-0.2, -0.15) is 0 Å². The Morgan fingerprint density at radius 1 is 1.15 bits per heavy atom. The van der Waals surface area contributed by atoms with Gasteiger partial charge >= 0.3 is 0 Å². The van der Waals surface area contributed by atoms with Crippen LogP contribution in [0.3, 0.4) is 0 Å². The zero-order chi connectivity index (χ0) is 14.5. The molecule has 0 spiro atoms. The number of ether oxygens (including phenoxy) is 1. The molecule has 0 aliphatic carbocycles. The van der Waals surface area contributed by atoms with Gasteiger partial charge in [-0.25, -0.2) is 0 Å². The maximum Gasteiger partial charge on any atom is 0.145 e. The van der Waals surface area contributed by atoms with Crippen LogP contribution in [0.4, 0.5) is 0 Å².